The molecule has 0 amide bonds. The van der Waals surface area contributed by atoms with Gasteiger partial charge >= 0.3 is 0 Å². The zero-order valence-electron chi connectivity index (χ0n) is 9.95. The van der Waals surface area contributed by atoms with Crippen molar-refractivity contribution in [1.29, 1.82) is 0 Å². The van der Waals surface area contributed by atoms with Crippen LogP contribution in [-0.2, 0) is 13.0 Å². The number of benzene rings is 1. The number of hydrogen-bond acceptors (Lipinski definition) is 2. The van der Waals surface area contributed by atoms with Crippen LogP contribution in [0.15, 0.2) is 18.2 Å². The highest BCUT2D eigenvalue weighted by atomic mass is 15.2. The minimum Gasteiger partial charge on any atom is -0.305 e. The predicted octanol–water partition coefficient (Wildman–Crippen LogP) is 1.55. The second-order valence-electron chi connectivity index (χ2n) is 5.12. The molecule has 2 aliphatic heterocycles. The molecule has 85 valence electrons. The van der Waals surface area contributed by atoms with Crippen LogP contribution >= 0.6 is 0 Å². The first-order valence-corrected chi connectivity index (χ1v) is 6.23. The van der Waals surface area contributed by atoms with Gasteiger partial charge in [0.1, 0.15) is 0 Å². The third-order valence-electron chi connectivity index (χ3n) is 3.98. The third kappa shape index (κ3) is 1.87. The van der Waals surface area contributed by atoms with Crippen molar-refractivity contribution in [3.63, 3.8) is 0 Å². The number of rotatable bonds is 1. The van der Waals surface area contributed by atoms with Crippen LogP contribution in [0.2, 0.25) is 0 Å². The molecule has 1 fully saturated rings. The van der Waals surface area contributed by atoms with Crippen LogP contribution in [-0.4, -0.2) is 42.5 Å². The SMILES string of the molecule is CN1CCC(N2CCc3cc[c]cc3C2)C1. The summed E-state index contributed by atoms with van der Waals surface area (Å²) in [6.45, 7) is 4.86. The molecule has 0 spiro atoms. The molecule has 1 aromatic rings. The lowest BCUT2D eigenvalue weighted by atomic mass is 9.98. The first-order chi connectivity index (χ1) is 7.83. The van der Waals surface area contributed by atoms with Gasteiger partial charge < -0.3 is 4.90 Å². The quantitative estimate of drug-likeness (QED) is 0.701. The Morgan fingerprint density at radius 1 is 1.31 bits per heavy atom. The number of hydrogen-bond donors (Lipinski definition) is 0. The Labute approximate surface area is 97.9 Å². The van der Waals surface area contributed by atoms with E-state index in [-0.39, 0.29) is 0 Å². The van der Waals surface area contributed by atoms with Gasteiger partial charge in [0.25, 0.3) is 0 Å². The standard InChI is InChI=1S/C14H19N2/c1-15-8-7-14(11-15)16-9-6-12-4-2-3-5-13(12)10-16/h2,4-5,14H,6-11H2,1H3. The van der Waals surface area contributed by atoms with Crippen molar-refractivity contribution in [2.45, 2.75) is 25.4 Å². The molecule has 1 radical (unpaired) electrons. The van der Waals surface area contributed by atoms with Crippen LogP contribution in [0.1, 0.15) is 17.5 Å². The van der Waals surface area contributed by atoms with E-state index in [2.05, 4.69) is 35.0 Å². The van der Waals surface area contributed by atoms with E-state index in [1.807, 2.05) is 6.07 Å². The van der Waals surface area contributed by atoms with Gasteiger partial charge in [-0.05, 0) is 49.7 Å². The van der Waals surface area contributed by atoms with E-state index in [9.17, 15) is 0 Å². The molecule has 2 nitrogen and oxygen atoms in total. The summed E-state index contributed by atoms with van der Waals surface area (Å²) in [5.41, 5.74) is 3.02. The maximum Gasteiger partial charge on any atom is 0.0240 e. The molecule has 2 aliphatic rings. The summed E-state index contributed by atoms with van der Waals surface area (Å²) < 4.78 is 0. The average Bonchev–Trinajstić information content (AvgIpc) is 2.75. The fourth-order valence-electron chi connectivity index (χ4n) is 2.97. The maximum absolute atomic E-state index is 3.20. The lowest BCUT2D eigenvalue weighted by Crippen LogP contribution is -2.40. The van der Waals surface area contributed by atoms with Crippen LogP contribution in [0.4, 0.5) is 0 Å². The Bertz CT molecular complexity index is 375. The van der Waals surface area contributed by atoms with E-state index in [4.69, 9.17) is 0 Å². The molecule has 2 heteroatoms. The monoisotopic (exact) mass is 215 g/mol. The molecule has 0 N–H and O–H groups in total. The van der Waals surface area contributed by atoms with Crippen LogP contribution in [0, 0.1) is 6.07 Å². The van der Waals surface area contributed by atoms with Gasteiger partial charge in [0, 0.05) is 25.7 Å². The van der Waals surface area contributed by atoms with E-state index in [0.29, 0.717) is 0 Å². The molecule has 0 aromatic heterocycles. The van der Waals surface area contributed by atoms with Gasteiger partial charge in [-0.15, -0.1) is 0 Å². The Kier molecular flexibility index (Phi) is 2.70. The highest BCUT2D eigenvalue weighted by Gasteiger charge is 2.27. The second-order valence-corrected chi connectivity index (χ2v) is 5.12. The Balaban J connectivity index is 1.73. The van der Waals surface area contributed by atoms with E-state index in [0.717, 1.165) is 12.6 Å². The molecule has 1 saturated heterocycles. The van der Waals surface area contributed by atoms with Gasteiger partial charge in [-0.1, -0.05) is 12.1 Å². The highest BCUT2D eigenvalue weighted by molar-refractivity contribution is 5.28. The number of likely N-dealkylation sites (tertiary alicyclic amines) is 1. The van der Waals surface area contributed by atoms with Gasteiger partial charge in [-0.3, -0.25) is 4.90 Å². The summed E-state index contributed by atoms with van der Waals surface area (Å²) in [4.78, 5) is 5.09. The predicted molar refractivity (Wildman–Crippen MR) is 65.3 cm³/mol. The third-order valence-corrected chi connectivity index (χ3v) is 3.98. The van der Waals surface area contributed by atoms with Gasteiger partial charge in [0.15, 0.2) is 0 Å². The van der Waals surface area contributed by atoms with Crippen LogP contribution < -0.4 is 0 Å². The lowest BCUT2D eigenvalue weighted by Gasteiger charge is -2.33. The number of fused-ring (bicyclic) bond motifs is 1. The van der Waals surface area contributed by atoms with E-state index in [1.54, 1.807) is 0 Å². The number of nitrogens with zero attached hydrogens (tertiary/aromatic N) is 2. The summed E-state index contributed by atoms with van der Waals surface area (Å²) in [6, 6.07) is 10.4. The van der Waals surface area contributed by atoms with E-state index in [1.165, 1.54) is 43.6 Å². The molecule has 0 saturated carbocycles. The fourth-order valence-corrected chi connectivity index (χ4v) is 2.97. The Hall–Kier alpha value is -0.860. The van der Waals surface area contributed by atoms with Gasteiger partial charge in [0.2, 0.25) is 0 Å². The Morgan fingerprint density at radius 3 is 3.06 bits per heavy atom. The zero-order chi connectivity index (χ0) is 11.0. The zero-order valence-corrected chi connectivity index (χ0v) is 9.95. The minimum absolute atomic E-state index is 0.776. The summed E-state index contributed by atoms with van der Waals surface area (Å²) in [7, 11) is 2.23. The molecule has 1 unspecified atom stereocenters. The van der Waals surface area contributed by atoms with Crippen molar-refractivity contribution in [2.75, 3.05) is 26.7 Å². The molecule has 2 heterocycles. The van der Waals surface area contributed by atoms with Crippen LogP contribution in [0.3, 0.4) is 0 Å². The summed E-state index contributed by atoms with van der Waals surface area (Å²) in [5, 5.41) is 0. The largest absolute Gasteiger partial charge is 0.305 e. The molecule has 0 bridgehead atoms. The first-order valence-electron chi connectivity index (χ1n) is 6.23. The van der Waals surface area contributed by atoms with Crippen molar-refractivity contribution in [2.24, 2.45) is 0 Å². The van der Waals surface area contributed by atoms with E-state index < -0.39 is 0 Å². The molecule has 16 heavy (non-hydrogen) atoms. The van der Waals surface area contributed by atoms with E-state index >= 15 is 0 Å². The van der Waals surface area contributed by atoms with Gasteiger partial charge in [-0.25, -0.2) is 0 Å². The molecule has 3 rings (SSSR count). The summed E-state index contributed by atoms with van der Waals surface area (Å²) in [5.74, 6) is 0. The van der Waals surface area contributed by atoms with Crippen LogP contribution in [0.5, 0.6) is 0 Å². The number of likely N-dealkylation sites (N-methyl/N-ethyl adjacent to an activating group) is 1. The molecule has 0 aliphatic carbocycles. The smallest absolute Gasteiger partial charge is 0.0240 e. The minimum atomic E-state index is 0.776. The normalized spacial score (nSPS) is 26.9. The summed E-state index contributed by atoms with van der Waals surface area (Å²) in [6.07, 6.45) is 2.55. The summed E-state index contributed by atoms with van der Waals surface area (Å²) >= 11 is 0. The average molecular weight is 215 g/mol. The second kappa shape index (κ2) is 4.19. The van der Waals surface area contributed by atoms with Crippen molar-refractivity contribution < 1.29 is 0 Å². The maximum atomic E-state index is 3.20. The highest BCUT2D eigenvalue weighted by Crippen LogP contribution is 2.23. The fraction of sp³-hybridized carbons (Fsp3) is 0.571. The Morgan fingerprint density at radius 2 is 2.25 bits per heavy atom. The lowest BCUT2D eigenvalue weighted by molar-refractivity contribution is 0.181. The van der Waals surface area contributed by atoms with Gasteiger partial charge in [-0.2, -0.15) is 0 Å². The molecule has 1 aromatic carbocycles. The van der Waals surface area contributed by atoms with Crippen molar-refractivity contribution in [3.8, 4) is 0 Å². The molecular weight excluding hydrogens is 196 g/mol. The topological polar surface area (TPSA) is 6.48 Å². The van der Waals surface area contributed by atoms with Crippen molar-refractivity contribution in [1.82, 2.24) is 9.80 Å². The first kappa shape index (κ1) is 10.3. The van der Waals surface area contributed by atoms with Crippen LogP contribution in [0.25, 0.3) is 0 Å². The molecule has 1 atom stereocenters. The van der Waals surface area contributed by atoms with Gasteiger partial charge in [0.05, 0.1) is 0 Å². The van der Waals surface area contributed by atoms with Crippen molar-refractivity contribution in [3.05, 3.63) is 35.4 Å². The molecular formula is C14H19N2. The van der Waals surface area contributed by atoms with Crippen molar-refractivity contribution >= 4 is 0 Å².